The van der Waals surface area contributed by atoms with Crippen molar-refractivity contribution in [3.8, 4) is 0 Å². The largest absolute Gasteiger partial charge is 0.481 e. The summed E-state index contributed by atoms with van der Waals surface area (Å²) in [7, 11) is 0. The molecule has 1 rings (SSSR count). The van der Waals surface area contributed by atoms with Gasteiger partial charge < -0.3 is 25.8 Å². The van der Waals surface area contributed by atoms with Crippen molar-refractivity contribution in [2.24, 2.45) is 0 Å². The Hall–Kier alpha value is -3.10. The minimum absolute atomic E-state index is 0.0964. The molecule has 0 fully saturated rings. The third-order valence-corrected chi connectivity index (χ3v) is 2.48. The summed E-state index contributed by atoms with van der Waals surface area (Å²) in [5, 5.41) is 24.8. The van der Waals surface area contributed by atoms with E-state index >= 15 is 0 Å². The lowest BCUT2D eigenvalue weighted by Gasteiger charge is -2.20. The second kappa shape index (κ2) is 9.26. The highest BCUT2D eigenvalue weighted by Gasteiger charge is 2.24. The Morgan fingerprint density at radius 1 is 1.00 bits per heavy atom. The number of nitrogens with two attached hydrogens (primary N) is 1. The van der Waals surface area contributed by atoms with Crippen LogP contribution in [0.1, 0.15) is 54.3 Å². The number of aliphatic carboxylic acids is 2. The van der Waals surface area contributed by atoms with Gasteiger partial charge in [0.15, 0.2) is 0 Å². The third-order valence-electron chi connectivity index (χ3n) is 2.48. The fourth-order valence-electron chi connectivity index (χ4n) is 1.52. The number of carbonyl (C=O) groups excluding carboxylic acids is 1. The van der Waals surface area contributed by atoms with Gasteiger partial charge in [0.25, 0.3) is 0 Å². The van der Waals surface area contributed by atoms with Crippen LogP contribution in [0.25, 0.3) is 0 Å². The number of carbonyl (C=O) groups is 4. The average Bonchev–Trinajstić information content (AvgIpc) is 2.43. The lowest BCUT2D eigenvalue weighted by molar-refractivity contribution is -0.143. The fraction of sp³-hybridized carbons (Fsp3) is 0.375. The van der Waals surface area contributed by atoms with Crippen LogP contribution < -0.4 is 5.73 Å². The van der Waals surface area contributed by atoms with Gasteiger partial charge >= 0.3 is 23.9 Å². The number of nitrogen functional groups attached to an aromatic ring is 1. The van der Waals surface area contributed by atoms with Crippen LogP contribution >= 0.6 is 0 Å². The van der Waals surface area contributed by atoms with E-state index in [1.54, 1.807) is 20.8 Å². The maximum absolute atomic E-state index is 11.8. The van der Waals surface area contributed by atoms with Gasteiger partial charge in [-0.2, -0.15) is 0 Å². The Labute approximate surface area is 144 Å². The maximum atomic E-state index is 11.8. The van der Waals surface area contributed by atoms with Crippen molar-refractivity contribution in [1.82, 2.24) is 0 Å². The van der Waals surface area contributed by atoms with E-state index in [-0.39, 0.29) is 29.7 Å². The number of benzene rings is 1. The number of aromatic carboxylic acids is 1. The summed E-state index contributed by atoms with van der Waals surface area (Å²) in [6.07, 6.45) is -0.593. The van der Waals surface area contributed by atoms with E-state index in [0.29, 0.717) is 0 Å². The van der Waals surface area contributed by atoms with E-state index in [1.165, 1.54) is 18.2 Å². The van der Waals surface area contributed by atoms with Crippen molar-refractivity contribution in [2.45, 2.75) is 39.2 Å². The summed E-state index contributed by atoms with van der Waals surface area (Å²) >= 11 is 0. The van der Waals surface area contributed by atoms with E-state index in [0.717, 1.165) is 0 Å². The summed E-state index contributed by atoms with van der Waals surface area (Å²) in [6, 6.07) is 4.26. The Morgan fingerprint density at radius 2 is 1.48 bits per heavy atom. The number of ether oxygens (including phenoxy) is 1. The zero-order chi connectivity index (χ0) is 19.8. The first-order valence-corrected chi connectivity index (χ1v) is 7.14. The highest BCUT2D eigenvalue weighted by molar-refractivity contribution is 6.06. The molecular formula is C16H21NO8. The predicted octanol–water partition coefficient (Wildman–Crippen LogP) is 1.86. The molecule has 0 atom stereocenters. The van der Waals surface area contributed by atoms with Crippen LogP contribution in [0.3, 0.4) is 0 Å². The molecule has 0 aromatic heterocycles. The van der Waals surface area contributed by atoms with Gasteiger partial charge in [0.2, 0.25) is 0 Å². The monoisotopic (exact) mass is 355 g/mol. The van der Waals surface area contributed by atoms with E-state index in [9.17, 15) is 19.2 Å². The predicted molar refractivity (Wildman–Crippen MR) is 87.5 cm³/mol. The molecule has 0 aliphatic carbocycles. The molecule has 0 unspecified atom stereocenters. The van der Waals surface area contributed by atoms with Crippen molar-refractivity contribution in [1.29, 1.82) is 0 Å². The summed E-state index contributed by atoms with van der Waals surface area (Å²) in [6.45, 7) is 5.10. The molecule has 0 radical (unpaired) electrons. The van der Waals surface area contributed by atoms with E-state index in [4.69, 9.17) is 25.8 Å². The zero-order valence-electron chi connectivity index (χ0n) is 14.1. The molecule has 0 aliphatic heterocycles. The topological polar surface area (TPSA) is 164 Å². The zero-order valence-corrected chi connectivity index (χ0v) is 14.1. The van der Waals surface area contributed by atoms with Crippen LogP contribution in [0.15, 0.2) is 18.2 Å². The van der Waals surface area contributed by atoms with Crippen LogP contribution in [-0.2, 0) is 14.3 Å². The highest BCUT2D eigenvalue weighted by atomic mass is 16.6. The first-order chi connectivity index (χ1) is 11.3. The number of hydrogen-bond donors (Lipinski definition) is 4. The standard InChI is InChI=1S/C12H15NO4.C4H6O4/c1-12(2,3)17-11(16)9-7(10(14)15)5-4-6-8(9)13;5-3(6)1-2-4(7)8/h4-6H,13H2,1-3H3,(H,14,15);1-2H2,(H,5,6)(H,7,8). The van der Waals surface area contributed by atoms with Gasteiger partial charge in [-0.15, -0.1) is 0 Å². The Balaban J connectivity index is 0.000000609. The molecule has 1 aromatic rings. The SMILES string of the molecule is CC(C)(C)OC(=O)c1c(N)cccc1C(=O)O.O=C(O)CCC(=O)O. The normalized spacial score (nSPS) is 10.2. The summed E-state index contributed by atoms with van der Waals surface area (Å²) < 4.78 is 5.11. The maximum Gasteiger partial charge on any atom is 0.341 e. The highest BCUT2D eigenvalue weighted by Crippen LogP contribution is 2.21. The van der Waals surface area contributed by atoms with Gasteiger partial charge in [0.1, 0.15) is 5.60 Å². The van der Waals surface area contributed by atoms with E-state index < -0.39 is 29.5 Å². The molecule has 0 bridgehead atoms. The molecule has 25 heavy (non-hydrogen) atoms. The second-order valence-corrected chi connectivity index (χ2v) is 5.86. The first-order valence-electron chi connectivity index (χ1n) is 7.14. The molecular weight excluding hydrogens is 334 g/mol. The lowest BCUT2D eigenvalue weighted by atomic mass is 10.1. The van der Waals surface area contributed by atoms with Crippen molar-refractivity contribution in [3.63, 3.8) is 0 Å². The molecule has 0 spiro atoms. The van der Waals surface area contributed by atoms with Crippen LogP contribution in [0.4, 0.5) is 5.69 Å². The van der Waals surface area contributed by atoms with Crippen molar-refractivity contribution < 1.29 is 39.2 Å². The molecule has 1 aromatic carbocycles. The van der Waals surface area contributed by atoms with Crippen LogP contribution in [0.2, 0.25) is 0 Å². The summed E-state index contributed by atoms with van der Waals surface area (Å²) in [4.78, 5) is 42.1. The number of hydrogen-bond acceptors (Lipinski definition) is 6. The number of rotatable bonds is 5. The quantitative estimate of drug-likeness (QED) is 0.455. The number of esters is 1. The van der Waals surface area contributed by atoms with Gasteiger partial charge in [0.05, 0.1) is 24.0 Å². The van der Waals surface area contributed by atoms with Gasteiger partial charge in [0, 0.05) is 5.69 Å². The Bertz CT molecular complexity index is 647. The minimum Gasteiger partial charge on any atom is -0.481 e. The number of carboxylic acids is 3. The summed E-state index contributed by atoms with van der Waals surface area (Å²) in [5.41, 5.74) is 4.76. The first kappa shape index (κ1) is 21.9. The Kier molecular flexibility index (Phi) is 8.11. The van der Waals surface area contributed by atoms with Gasteiger partial charge in [-0.05, 0) is 32.9 Å². The molecule has 9 nitrogen and oxygen atoms in total. The van der Waals surface area contributed by atoms with Crippen LogP contribution in [0, 0.1) is 0 Å². The molecule has 0 amide bonds. The molecule has 0 saturated heterocycles. The minimum atomic E-state index is -1.21. The third kappa shape index (κ3) is 8.94. The molecule has 0 heterocycles. The fourth-order valence-corrected chi connectivity index (χ4v) is 1.52. The molecule has 9 heteroatoms. The van der Waals surface area contributed by atoms with Gasteiger partial charge in [-0.25, -0.2) is 9.59 Å². The van der Waals surface area contributed by atoms with Crippen molar-refractivity contribution in [2.75, 3.05) is 5.73 Å². The number of anilines is 1. The van der Waals surface area contributed by atoms with Crippen molar-refractivity contribution in [3.05, 3.63) is 29.3 Å². The molecule has 138 valence electrons. The molecule has 0 saturated carbocycles. The van der Waals surface area contributed by atoms with Crippen LogP contribution in [-0.4, -0.2) is 44.8 Å². The van der Waals surface area contributed by atoms with Crippen molar-refractivity contribution >= 4 is 29.6 Å². The smallest absolute Gasteiger partial charge is 0.341 e. The number of carboxylic acid groups (broad SMARTS) is 3. The van der Waals surface area contributed by atoms with Gasteiger partial charge in [-0.3, -0.25) is 9.59 Å². The average molecular weight is 355 g/mol. The van der Waals surface area contributed by atoms with Crippen LogP contribution in [0.5, 0.6) is 0 Å². The van der Waals surface area contributed by atoms with E-state index in [2.05, 4.69) is 0 Å². The second-order valence-electron chi connectivity index (χ2n) is 5.86. The Morgan fingerprint density at radius 3 is 1.84 bits per heavy atom. The summed E-state index contributed by atoms with van der Waals surface area (Å²) in [5.74, 6) is -4.09. The molecule has 0 aliphatic rings. The van der Waals surface area contributed by atoms with Gasteiger partial charge in [-0.1, -0.05) is 6.07 Å². The van der Waals surface area contributed by atoms with E-state index in [1.807, 2.05) is 0 Å². The molecule has 5 N–H and O–H groups in total. The lowest BCUT2D eigenvalue weighted by Crippen LogP contribution is -2.25.